The second-order valence-corrected chi connectivity index (χ2v) is 4.85. The third-order valence-corrected chi connectivity index (χ3v) is 3.85. The van der Waals surface area contributed by atoms with Crippen molar-refractivity contribution in [3.63, 3.8) is 0 Å². The molecular weight excluding hydrogens is 222 g/mol. The van der Waals surface area contributed by atoms with Gasteiger partial charge in [0.05, 0.1) is 16.9 Å². The van der Waals surface area contributed by atoms with Crippen molar-refractivity contribution >= 4 is 11.6 Å². The van der Waals surface area contributed by atoms with Crippen molar-refractivity contribution in [2.75, 3.05) is 13.1 Å². The highest BCUT2D eigenvalue weighted by molar-refractivity contribution is 6.31. The van der Waals surface area contributed by atoms with E-state index in [1.54, 1.807) is 6.20 Å². The lowest BCUT2D eigenvalue weighted by atomic mass is 9.71. The number of hydrogen-bond donors (Lipinski definition) is 1. The summed E-state index contributed by atoms with van der Waals surface area (Å²) in [6.07, 6.45) is 4.34. The van der Waals surface area contributed by atoms with Gasteiger partial charge in [-0.05, 0) is 38.8 Å². The second kappa shape index (κ2) is 5.19. The topological polar surface area (TPSA) is 29.9 Å². The highest BCUT2D eigenvalue weighted by atomic mass is 35.5. The minimum atomic E-state index is 0.606. The van der Waals surface area contributed by atoms with Crippen LogP contribution in [0.5, 0.6) is 0 Å². The zero-order chi connectivity index (χ0) is 11.5. The van der Waals surface area contributed by atoms with Gasteiger partial charge < -0.3 is 5.32 Å². The molecule has 1 N–H and O–H groups in total. The van der Waals surface area contributed by atoms with Crippen molar-refractivity contribution in [1.82, 2.24) is 15.1 Å². The Morgan fingerprint density at radius 3 is 2.88 bits per heavy atom. The Kier molecular flexibility index (Phi) is 3.87. The van der Waals surface area contributed by atoms with Gasteiger partial charge in [0.15, 0.2) is 0 Å². The van der Waals surface area contributed by atoms with Gasteiger partial charge in [-0.25, -0.2) is 0 Å². The van der Waals surface area contributed by atoms with Crippen molar-refractivity contribution in [1.29, 1.82) is 0 Å². The number of hydrogen-bond acceptors (Lipinski definition) is 2. The first-order chi connectivity index (χ1) is 7.77. The summed E-state index contributed by atoms with van der Waals surface area (Å²) in [4.78, 5) is 0. The molecule has 16 heavy (non-hydrogen) atoms. The molecule has 0 aliphatic heterocycles. The second-order valence-electron chi connectivity index (χ2n) is 4.45. The van der Waals surface area contributed by atoms with E-state index in [-0.39, 0.29) is 0 Å². The van der Waals surface area contributed by atoms with Crippen LogP contribution in [0.15, 0.2) is 6.20 Å². The van der Waals surface area contributed by atoms with Crippen LogP contribution in [0.4, 0.5) is 0 Å². The first kappa shape index (κ1) is 11.9. The first-order valence-electron chi connectivity index (χ1n) is 6.19. The van der Waals surface area contributed by atoms with Gasteiger partial charge in [-0.15, -0.1) is 0 Å². The van der Waals surface area contributed by atoms with Crippen LogP contribution in [-0.2, 0) is 6.54 Å². The molecule has 1 saturated carbocycles. The summed E-state index contributed by atoms with van der Waals surface area (Å²) in [6, 6.07) is 0. The smallest absolute Gasteiger partial charge is 0.0820 e. The fourth-order valence-electron chi connectivity index (χ4n) is 2.50. The van der Waals surface area contributed by atoms with E-state index in [0.29, 0.717) is 5.92 Å². The van der Waals surface area contributed by atoms with E-state index in [1.165, 1.54) is 18.5 Å². The molecule has 1 aromatic heterocycles. The van der Waals surface area contributed by atoms with Crippen LogP contribution < -0.4 is 5.32 Å². The third-order valence-electron chi connectivity index (χ3n) is 3.56. The van der Waals surface area contributed by atoms with Crippen LogP contribution in [-0.4, -0.2) is 22.9 Å². The van der Waals surface area contributed by atoms with Gasteiger partial charge in [0, 0.05) is 12.5 Å². The standard InChI is InChI=1S/C12H20ClN3/c1-3-14-7-9-5-6-10(9)12-11(13)8-15-16(12)4-2/h8-10,14H,3-7H2,1-2H3. The van der Waals surface area contributed by atoms with Crippen LogP contribution in [0.25, 0.3) is 0 Å². The van der Waals surface area contributed by atoms with Crippen molar-refractivity contribution in [3.05, 3.63) is 16.9 Å². The lowest BCUT2D eigenvalue weighted by Gasteiger charge is -2.37. The predicted octanol–water partition coefficient (Wildman–Crippen LogP) is 2.66. The molecule has 0 radical (unpaired) electrons. The van der Waals surface area contributed by atoms with Crippen molar-refractivity contribution in [3.8, 4) is 0 Å². The van der Waals surface area contributed by atoms with Gasteiger partial charge in [-0.3, -0.25) is 4.68 Å². The maximum absolute atomic E-state index is 6.23. The van der Waals surface area contributed by atoms with Gasteiger partial charge >= 0.3 is 0 Å². The van der Waals surface area contributed by atoms with Gasteiger partial charge in [-0.1, -0.05) is 18.5 Å². The van der Waals surface area contributed by atoms with E-state index in [1.807, 2.05) is 4.68 Å². The Labute approximate surface area is 102 Å². The monoisotopic (exact) mass is 241 g/mol. The molecule has 1 aromatic rings. The summed E-state index contributed by atoms with van der Waals surface area (Å²) in [5.41, 5.74) is 1.25. The Balaban J connectivity index is 2.08. The average Bonchev–Trinajstić information content (AvgIpc) is 2.60. The Hall–Kier alpha value is -0.540. The summed E-state index contributed by atoms with van der Waals surface area (Å²) in [5.74, 6) is 1.34. The molecule has 0 spiro atoms. The summed E-state index contributed by atoms with van der Waals surface area (Å²) >= 11 is 6.23. The summed E-state index contributed by atoms with van der Waals surface area (Å²) in [6.45, 7) is 7.32. The summed E-state index contributed by atoms with van der Waals surface area (Å²) in [5, 5.41) is 8.58. The number of halogens is 1. The van der Waals surface area contributed by atoms with Crippen molar-refractivity contribution in [2.24, 2.45) is 5.92 Å². The zero-order valence-electron chi connectivity index (χ0n) is 10.0. The minimum absolute atomic E-state index is 0.606. The van der Waals surface area contributed by atoms with E-state index in [0.717, 1.165) is 30.6 Å². The van der Waals surface area contributed by atoms with Crippen LogP contribution in [0.2, 0.25) is 5.02 Å². The molecular formula is C12H20ClN3. The van der Waals surface area contributed by atoms with Crippen LogP contribution in [0.1, 0.15) is 38.3 Å². The van der Waals surface area contributed by atoms with E-state index >= 15 is 0 Å². The SMILES string of the molecule is CCNCC1CCC1c1c(Cl)cnn1CC. The number of aromatic nitrogens is 2. The molecule has 4 heteroatoms. The Morgan fingerprint density at radius 2 is 2.31 bits per heavy atom. The first-order valence-corrected chi connectivity index (χ1v) is 6.57. The molecule has 0 saturated heterocycles. The summed E-state index contributed by atoms with van der Waals surface area (Å²) < 4.78 is 2.05. The number of nitrogens with one attached hydrogen (secondary N) is 1. The van der Waals surface area contributed by atoms with Gasteiger partial charge in [0.25, 0.3) is 0 Å². The quantitative estimate of drug-likeness (QED) is 0.859. The molecule has 2 atom stereocenters. The molecule has 1 aliphatic carbocycles. The largest absolute Gasteiger partial charge is 0.317 e. The zero-order valence-corrected chi connectivity index (χ0v) is 10.8. The van der Waals surface area contributed by atoms with Gasteiger partial charge in [0.2, 0.25) is 0 Å². The average molecular weight is 242 g/mol. The van der Waals surface area contributed by atoms with E-state index < -0.39 is 0 Å². The van der Waals surface area contributed by atoms with E-state index in [4.69, 9.17) is 11.6 Å². The fourth-order valence-corrected chi connectivity index (χ4v) is 2.78. The molecule has 1 heterocycles. The molecule has 1 aliphatic rings. The lowest BCUT2D eigenvalue weighted by Crippen LogP contribution is -2.35. The van der Waals surface area contributed by atoms with Crippen LogP contribution in [0, 0.1) is 5.92 Å². The van der Waals surface area contributed by atoms with Gasteiger partial charge in [0.1, 0.15) is 0 Å². The third kappa shape index (κ3) is 2.11. The van der Waals surface area contributed by atoms with Crippen molar-refractivity contribution in [2.45, 2.75) is 39.2 Å². The number of rotatable bonds is 5. The molecule has 2 unspecified atom stereocenters. The molecule has 0 amide bonds. The Morgan fingerprint density at radius 1 is 1.50 bits per heavy atom. The highest BCUT2D eigenvalue weighted by Gasteiger charge is 2.35. The van der Waals surface area contributed by atoms with E-state index in [2.05, 4.69) is 24.3 Å². The molecule has 3 nitrogen and oxygen atoms in total. The molecule has 0 aromatic carbocycles. The molecule has 90 valence electrons. The highest BCUT2D eigenvalue weighted by Crippen LogP contribution is 2.44. The normalized spacial score (nSPS) is 24.4. The summed E-state index contributed by atoms with van der Waals surface area (Å²) in [7, 11) is 0. The fraction of sp³-hybridized carbons (Fsp3) is 0.750. The molecule has 1 fully saturated rings. The van der Waals surface area contributed by atoms with Gasteiger partial charge in [-0.2, -0.15) is 5.10 Å². The van der Waals surface area contributed by atoms with Crippen LogP contribution in [0.3, 0.4) is 0 Å². The predicted molar refractivity (Wildman–Crippen MR) is 66.9 cm³/mol. The molecule has 0 bridgehead atoms. The number of aryl methyl sites for hydroxylation is 1. The van der Waals surface area contributed by atoms with E-state index in [9.17, 15) is 0 Å². The van der Waals surface area contributed by atoms with Crippen molar-refractivity contribution < 1.29 is 0 Å². The lowest BCUT2D eigenvalue weighted by molar-refractivity contribution is 0.235. The molecule has 2 rings (SSSR count). The number of nitrogens with zero attached hydrogens (tertiary/aromatic N) is 2. The maximum Gasteiger partial charge on any atom is 0.0820 e. The van der Waals surface area contributed by atoms with Crippen LogP contribution >= 0.6 is 11.6 Å². The Bertz CT molecular complexity index is 348. The minimum Gasteiger partial charge on any atom is -0.317 e. The maximum atomic E-state index is 6.23.